The van der Waals surface area contributed by atoms with Crippen LogP contribution in [0, 0.1) is 11.8 Å². The highest BCUT2D eigenvalue weighted by Gasteiger charge is 2.23. The van der Waals surface area contributed by atoms with Gasteiger partial charge in [0.1, 0.15) is 5.78 Å². The lowest BCUT2D eigenvalue weighted by Gasteiger charge is -2.16. The molecule has 0 aromatic heterocycles. The van der Waals surface area contributed by atoms with Crippen LogP contribution in [0.1, 0.15) is 116 Å². The molecule has 0 saturated heterocycles. The van der Waals surface area contributed by atoms with Gasteiger partial charge in [0.05, 0.1) is 12.5 Å². The number of hydrogen-bond donors (Lipinski definition) is 4. The fourth-order valence-corrected chi connectivity index (χ4v) is 4.07. The summed E-state index contributed by atoms with van der Waals surface area (Å²) in [7, 11) is 0. The molecule has 8 nitrogen and oxygen atoms in total. The van der Waals surface area contributed by atoms with Gasteiger partial charge in [-0.1, -0.05) is 64.7 Å². The highest BCUT2D eigenvalue weighted by molar-refractivity contribution is 5.87. The van der Waals surface area contributed by atoms with Crippen molar-refractivity contribution in [1.29, 1.82) is 0 Å². The maximum atomic E-state index is 12.3. The van der Waals surface area contributed by atoms with Crippen molar-refractivity contribution in [2.75, 3.05) is 13.2 Å². The second-order valence-electron chi connectivity index (χ2n) is 9.33. The van der Waals surface area contributed by atoms with Crippen molar-refractivity contribution in [3.05, 3.63) is 0 Å². The second kappa shape index (κ2) is 21.6. The first-order valence-electron chi connectivity index (χ1n) is 13.2. The van der Waals surface area contributed by atoms with Gasteiger partial charge in [0.2, 0.25) is 11.8 Å². The van der Waals surface area contributed by atoms with E-state index in [0.29, 0.717) is 25.8 Å². The van der Waals surface area contributed by atoms with Crippen LogP contribution in [-0.4, -0.2) is 46.9 Å². The van der Waals surface area contributed by atoms with E-state index in [-0.39, 0.29) is 30.4 Å². The van der Waals surface area contributed by atoms with Crippen molar-refractivity contribution in [2.45, 2.75) is 116 Å². The number of primary amides is 1. The standard InChI is InChI=1S/C26H48N2O6/c1-2-21(23(30)19-22(20-29)26(27)34)15-13-14-18-28-24(31)16-11-9-7-5-3-4-6-8-10-12-17-25(32)33/h21-22,29H,2-20H2,1H3,(H2,27,34)(H,28,31)(H,32,33)/t21-,22+/m1/s1. The minimum atomic E-state index is -0.803. The summed E-state index contributed by atoms with van der Waals surface area (Å²) in [5, 5.41) is 20.7. The van der Waals surface area contributed by atoms with E-state index in [4.69, 9.17) is 15.9 Å². The number of rotatable bonds is 24. The topological polar surface area (TPSA) is 147 Å². The van der Waals surface area contributed by atoms with Gasteiger partial charge in [0.25, 0.3) is 0 Å². The summed E-state index contributed by atoms with van der Waals surface area (Å²) in [5.74, 6) is -2.24. The molecule has 0 rings (SSSR count). The summed E-state index contributed by atoms with van der Waals surface area (Å²) in [4.78, 5) is 45.9. The quantitative estimate of drug-likeness (QED) is 0.152. The van der Waals surface area contributed by atoms with Gasteiger partial charge in [0.15, 0.2) is 0 Å². The largest absolute Gasteiger partial charge is 0.481 e. The number of hydrogen-bond acceptors (Lipinski definition) is 5. The number of carbonyl (C=O) groups is 4. The number of amides is 2. The molecule has 0 fully saturated rings. The van der Waals surface area contributed by atoms with Crippen LogP contribution in [0.2, 0.25) is 0 Å². The molecule has 0 bridgehead atoms. The van der Waals surface area contributed by atoms with Crippen LogP contribution in [0.5, 0.6) is 0 Å². The number of aliphatic carboxylic acids is 1. The number of aliphatic hydroxyl groups is 1. The van der Waals surface area contributed by atoms with Gasteiger partial charge in [-0.25, -0.2) is 0 Å². The van der Waals surface area contributed by atoms with E-state index in [1.165, 1.54) is 25.7 Å². The Balaban J connectivity index is 3.62. The second-order valence-corrected chi connectivity index (χ2v) is 9.33. The van der Waals surface area contributed by atoms with Crippen LogP contribution in [0.25, 0.3) is 0 Å². The minimum absolute atomic E-state index is 0.00429. The van der Waals surface area contributed by atoms with Crippen LogP contribution in [0.4, 0.5) is 0 Å². The van der Waals surface area contributed by atoms with E-state index in [1.807, 2.05) is 6.92 Å². The Morgan fingerprint density at radius 2 is 1.29 bits per heavy atom. The monoisotopic (exact) mass is 484 g/mol. The molecule has 8 heteroatoms. The first kappa shape index (κ1) is 32.0. The van der Waals surface area contributed by atoms with E-state index in [2.05, 4.69) is 5.32 Å². The van der Waals surface area contributed by atoms with Crippen molar-refractivity contribution >= 4 is 23.6 Å². The van der Waals surface area contributed by atoms with Crippen molar-refractivity contribution in [3.8, 4) is 0 Å². The number of carboxylic acid groups (broad SMARTS) is 1. The van der Waals surface area contributed by atoms with Crippen molar-refractivity contribution in [1.82, 2.24) is 5.32 Å². The SMILES string of the molecule is CC[C@H](CCCCNC(=O)CCCCCCCCCCCCC(=O)O)C(=O)C[C@@H](CO)C(N)=O. The summed E-state index contributed by atoms with van der Waals surface area (Å²) in [5.41, 5.74) is 5.20. The fourth-order valence-electron chi connectivity index (χ4n) is 4.07. The maximum Gasteiger partial charge on any atom is 0.303 e. The summed E-state index contributed by atoms with van der Waals surface area (Å²) in [6.07, 6.45) is 14.6. The molecule has 0 aliphatic rings. The zero-order valence-electron chi connectivity index (χ0n) is 21.2. The van der Waals surface area contributed by atoms with Gasteiger partial charge < -0.3 is 21.3 Å². The van der Waals surface area contributed by atoms with E-state index < -0.39 is 24.4 Å². The van der Waals surface area contributed by atoms with Gasteiger partial charge in [0, 0.05) is 31.7 Å². The molecule has 2 amide bonds. The van der Waals surface area contributed by atoms with E-state index in [1.54, 1.807) is 0 Å². The molecule has 5 N–H and O–H groups in total. The lowest BCUT2D eigenvalue weighted by atomic mass is 9.89. The number of nitrogens with one attached hydrogen (secondary N) is 1. The highest BCUT2D eigenvalue weighted by Crippen LogP contribution is 2.18. The summed E-state index contributed by atoms with van der Waals surface area (Å²) in [6.45, 7) is 2.14. The highest BCUT2D eigenvalue weighted by atomic mass is 16.4. The lowest BCUT2D eigenvalue weighted by molar-refractivity contribution is -0.137. The first-order valence-corrected chi connectivity index (χ1v) is 13.2. The molecular weight excluding hydrogens is 436 g/mol. The molecule has 0 radical (unpaired) electrons. The number of carbonyl (C=O) groups excluding carboxylic acids is 3. The zero-order chi connectivity index (χ0) is 25.6. The number of unbranched alkanes of at least 4 members (excludes halogenated alkanes) is 10. The third kappa shape index (κ3) is 18.5. The van der Waals surface area contributed by atoms with E-state index >= 15 is 0 Å². The predicted octanol–water partition coefficient (Wildman–Crippen LogP) is 4.12. The molecule has 0 spiro atoms. The molecule has 0 aliphatic carbocycles. The average Bonchev–Trinajstić information content (AvgIpc) is 2.79. The van der Waals surface area contributed by atoms with Crippen LogP contribution >= 0.6 is 0 Å². The average molecular weight is 485 g/mol. The van der Waals surface area contributed by atoms with Crippen molar-refractivity contribution < 1.29 is 29.4 Å². The van der Waals surface area contributed by atoms with Crippen LogP contribution in [-0.2, 0) is 19.2 Å². The Morgan fingerprint density at radius 1 is 0.765 bits per heavy atom. The number of carboxylic acids is 1. The summed E-state index contributed by atoms with van der Waals surface area (Å²) in [6, 6.07) is 0. The Hall–Kier alpha value is -1.96. The molecular formula is C26H48N2O6. The lowest BCUT2D eigenvalue weighted by Crippen LogP contribution is -2.30. The van der Waals surface area contributed by atoms with Gasteiger partial charge in [-0.15, -0.1) is 0 Å². The van der Waals surface area contributed by atoms with Gasteiger partial charge in [-0.3, -0.25) is 19.2 Å². The molecule has 0 aromatic rings. The first-order chi connectivity index (χ1) is 16.3. The molecule has 0 unspecified atom stereocenters. The number of aliphatic hydroxyl groups excluding tert-OH is 1. The Kier molecular flexibility index (Phi) is 20.3. The Bertz CT molecular complexity index is 582. The molecule has 0 aromatic carbocycles. The van der Waals surface area contributed by atoms with Crippen LogP contribution < -0.4 is 11.1 Å². The normalized spacial score (nSPS) is 12.8. The number of Topliss-reactive ketones (excluding diaryl/α,β-unsaturated/α-hetero) is 1. The van der Waals surface area contributed by atoms with Gasteiger partial charge in [-0.05, 0) is 32.1 Å². The van der Waals surface area contributed by atoms with Crippen molar-refractivity contribution in [2.24, 2.45) is 17.6 Å². The molecule has 0 heterocycles. The van der Waals surface area contributed by atoms with E-state index in [9.17, 15) is 19.2 Å². The van der Waals surface area contributed by atoms with Gasteiger partial charge in [-0.2, -0.15) is 0 Å². The smallest absolute Gasteiger partial charge is 0.303 e. The molecule has 0 aliphatic heterocycles. The van der Waals surface area contributed by atoms with Crippen LogP contribution in [0.3, 0.4) is 0 Å². The third-order valence-electron chi connectivity index (χ3n) is 6.36. The molecule has 34 heavy (non-hydrogen) atoms. The maximum absolute atomic E-state index is 12.3. The number of ketones is 1. The fraction of sp³-hybridized carbons (Fsp3) is 0.846. The number of nitrogens with two attached hydrogens (primary N) is 1. The molecule has 198 valence electrons. The third-order valence-corrected chi connectivity index (χ3v) is 6.36. The summed E-state index contributed by atoms with van der Waals surface area (Å²) >= 11 is 0. The van der Waals surface area contributed by atoms with Gasteiger partial charge >= 0.3 is 5.97 Å². The predicted molar refractivity (Wildman–Crippen MR) is 133 cm³/mol. The molecule has 0 saturated carbocycles. The Labute approximate surface area is 205 Å². The van der Waals surface area contributed by atoms with Crippen LogP contribution in [0.15, 0.2) is 0 Å². The minimum Gasteiger partial charge on any atom is -0.481 e. The molecule has 2 atom stereocenters. The Morgan fingerprint density at radius 3 is 1.76 bits per heavy atom. The summed E-state index contributed by atoms with van der Waals surface area (Å²) < 4.78 is 0. The zero-order valence-corrected chi connectivity index (χ0v) is 21.2. The van der Waals surface area contributed by atoms with E-state index in [0.717, 1.165) is 51.4 Å². The van der Waals surface area contributed by atoms with Crippen molar-refractivity contribution in [3.63, 3.8) is 0 Å².